The molecule has 0 spiro atoms. The van der Waals surface area contributed by atoms with Gasteiger partial charge in [0.25, 0.3) is 0 Å². The zero-order chi connectivity index (χ0) is 12.7. The van der Waals surface area contributed by atoms with Crippen LogP contribution < -0.4 is 0 Å². The van der Waals surface area contributed by atoms with Gasteiger partial charge in [0.1, 0.15) is 5.78 Å². The van der Waals surface area contributed by atoms with Gasteiger partial charge in [0, 0.05) is 18.8 Å². The first kappa shape index (κ1) is 12.5. The molecule has 0 aromatic rings. The molecule has 17 heavy (non-hydrogen) atoms. The van der Waals surface area contributed by atoms with Crippen LogP contribution in [-0.4, -0.2) is 11.6 Å². The van der Waals surface area contributed by atoms with Crippen molar-refractivity contribution in [2.75, 3.05) is 0 Å². The highest BCUT2D eigenvalue weighted by Crippen LogP contribution is 2.45. The number of Topliss-reactive ketones (excluding diaryl/α,β-unsaturated/α-hetero) is 2. The summed E-state index contributed by atoms with van der Waals surface area (Å²) in [6.07, 6.45) is 3.38. The lowest BCUT2D eigenvalue weighted by Gasteiger charge is -2.43. The van der Waals surface area contributed by atoms with E-state index in [1.807, 2.05) is 6.92 Å². The molecule has 0 amide bonds. The largest absolute Gasteiger partial charge is 0.299 e. The van der Waals surface area contributed by atoms with Crippen LogP contribution in [-0.2, 0) is 9.59 Å². The third-order valence-electron chi connectivity index (χ3n) is 4.56. The molecule has 0 aliphatic heterocycles. The molecule has 0 saturated heterocycles. The van der Waals surface area contributed by atoms with Crippen molar-refractivity contribution >= 4 is 11.6 Å². The van der Waals surface area contributed by atoms with Crippen LogP contribution in [0.4, 0.5) is 0 Å². The maximum Gasteiger partial charge on any atom is 0.158 e. The van der Waals surface area contributed by atoms with Crippen LogP contribution in [0.3, 0.4) is 0 Å². The van der Waals surface area contributed by atoms with E-state index in [0.717, 1.165) is 5.57 Å². The van der Waals surface area contributed by atoms with Crippen LogP contribution in [0.2, 0.25) is 0 Å². The van der Waals surface area contributed by atoms with Gasteiger partial charge in [-0.25, -0.2) is 0 Å². The van der Waals surface area contributed by atoms with Gasteiger partial charge >= 0.3 is 0 Å². The predicted octanol–water partition coefficient (Wildman–Crippen LogP) is 3.02. The monoisotopic (exact) mass is 234 g/mol. The van der Waals surface area contributed by atoms with Crippen molar-refractivity contribution in [3.63, 3.8) is 0 Å². The topological polar surface area (TPSA) is 34.1 Å². The molecule has 1 saturated carbocycles. The summed E-state index contributed by atoms with van der Waals surface area (Å²) in [6.45, 7) is 8.25. The average molecular weight is 234 g/mol. The minimum atomic E-state index is 0.124. The second-order valence-corrected chi connectivity index (χ2v) is 6.14. The van der Waals surface area contributed by atoms with Crippen LogP contribution in [0.1, 0.15) is 40.5 Å². The van der Waals surface area contributed by atoms with Crippen LogP contribution >= 0.6 is 0 Å². The second kappa shape index (κ2) is 4.40. The molecular formula is C15H22O2. The fourth-order valence-electron chi connectivity index (χ4n) is 3.60. The quantitative estimate of drug-likeness (QED) is 0.699. The molecule has 2 heteroatoms. The molecule has 0 aromatic carbocycles. The van der Waals surface area contributed by atoms with E-state index < -0.39 is 0 Å². The van der Waals surface area contributed by atoms with Gasteiger partial charge in [0.2, 0.25) is 0 Å². The number of hydrogen-bond acceptors (Lipinski definition) is 2. The number of allylic oxidation sites excluding steroid dienone is 2. The summed E-state index contributed by atoms with van der Waals surface area (Å²) in [5.74, 6) is 2.21. The van der Waals surface area contributed by atoms with E-state index in [2.05, 4.69) is 26.8 Å². The molecule has 4 unspecified atom stereocenters. The smallest absolute Gasteiger partial charge is 0.158 e. The summed E-state index contributed by atoms with van der Waals surface area (Å²) < 4.78 is 0. The molecule has 2 nitrogen and oxygen atoms in total. The second-order valence-electron chi connectivity index (χ2n) is 6.14. The van der Waals surface area contributed by atoms with Crippen molar-refractivity contribution in [3.8, 4) is 0 Å². The van der Waals surface area contributed by atoms with E-state index in [-0.39, 0.29) is 11.7 Å². The van der Waals surface area contributed by atoms with Crippen molar-refractivity contribution in [2.45, 2.75) is 40.5 Å². The minimum absolute atomic E-state index is 0.124. The summed E-state index contributed by atoms with van der Waals surface area (Å²) in [4.78, 5) is 24.0. The Morgan fingerprint density at radius 3 is 2.47 bits per heavy atom. The molecule has 1 fully saturated rings. The van der Waals surface area contributed by atoms with Gasteiger partial charge in [0.05, 0.1) is 0 Å². The molecule has 0 radical (unpaired) electrons. The van der Waals surface area contributed by atoms with E-state index in [1.54, 1.807) is 0 Å². The van der Waals surface area contributed by atoms with Gasteiger partial charge in [-0.15, -0.1) is 0 Å². The first-order chi connectivity index (χ1) is 7.91. The zero-order valence-electron chi connectivity index (χ0n) is 11.2. The van der Waals surface area contributed by atoms with Crippen molar-refractivity contribution in [1.29, 1.82) is 0 Å². The number of ketones is 2. The third-order valence-corrected chi connectivity index (χ3v) is 4.56. The normalized spacial score (nSPS) is 38.1. The predicted molar refractivity (Wildman–Crippen MR) is 67.5 cm³/mol. The van der Waals surface area contributed by atoms with E-state index in [0.29, 0.717) is 42.3 Å². The highest BCUT2D eigenvalue weighted by atomic mass is 16.1. The lowest BCUT2D eigenvalue weighted by Crippen LogP contribution is -2.44. The van der Waals surface area contributed by atoms with Gasteiger partial charge in [-0.2, -0.15) is 0 Å². The van der Waals surface area contributed by atoms with Crippen LogP contribution in [0, 0.1) is 29.6 Å². The Morgan fingerprint density at radius 1 is 1.24 bits per heavy atom. The Morgan fingerprint density at radius 2 is 1.88 bits per heavy atom. The summed E-state index contributed by atoms with van der Waals surface area (Å²) in [7, 11) is 0. The molecule has 2 rings (SSSR count). The Hall–Kier alpha value is -0.920. The molecule has 2 aliphatic rings. The highest BCUT2D eigenvalue weighted by Gasteiger charge is 2.45. The average Bonchev–Trinajstić information content (AvgIpc) is 2.20. The summed E-state index contributed by atoms with van der Waals surface area (Å²) in [5, 5.41) is 0. The van der Waals surface area contributed by atoms with Crippen LogP contribution in [0.25, 0.3) is 0 Å². The van der Waals surface area contributed by atoms with Crippen LogP contribution in [0.15, 0.2) is 11.6 Å². The lowest BCUT2D eigenvalue weighted by molar-refractivity contribution is -0.134. The highest BCUT2D eigenvalue weighted by molar-refractivity contribution is 5.96. The van der Waals surface area contributed by atoms with Crippen molar-refractivity contribution in [2.24, 2.45) is 29.6 Å². The summed E-state index contributed by atoms with van der Waals surface area (Å²) in [6, 6.07) is 0. The molecule has 0 heterocycles. The fourth-order valence-corrected chi connectivity index (χ4v) is 3.60. The summed E-state index contributed by atoms with van der Waals surface area (Å²) in [5.41, 5.74) is 0.860. The van der Waals surface area contributed by atoms with Gasteiger partial charge in [0.15, 0.2) is 5.78 Å². The van der Waals surface area contributed by atoms with E-state index in [1.165, 1.54) is 0 Å². The SMILES string of the molecule is CC1=CC2C(CC1=O)C(C)CC(=O)C2C(C)C. The Labute approximate surface area is 103 Å². The van der Waals surface area contributed by atoms with Gasteiger partial charge in [-0.05, 0) is 36.2 Å². The molecule has 2 aliphatic carbocycles. The standard InChI is InChI=1S/C15H22O2/c1-8(2)15-12-5-10(4)13(16)7-11(12)9(3)6-14(15)17/h5,8-9,11-12,15H,6-7H2,1-4H3. The number of carbonyl (C=O) groups excluding carboxylic acids is 2. The maximum atomic E-state index is 12.2. The van der Waals surface area contributed by atoms with Crippen LogP contribution in [0.5, 0.6) is 0 Å². The third kappa shape index (κ3) is 2.10. The van der Waals surface area contributed by atoms with Crippen molar-refractivity contribution < 1.29 is 9.59 Å². The Kier molecular flexibility index (Phi) is 3.24. The van der Waals surface area contributed by atoms with Gasteiger partial charge in [-0.3, -0.25) is 9.59 Å². The van der Waals surface area contributed by atoms with E-state index >= 15 is 0 Å². The van der Waals surface area contributed by atoms with E-state index in [9.17, 15) is 9.59 Å². The van der Waals surface area contributed by atoms with Crippen molar-refractivity contribution in [3.05, 3.63) is 11.6 Å². The maximum absolute atomic E-state index is 12.2. The Balaban J connectivity index is 2.37. The Bertz CT molecular complexity index is 378. The number of hydrogen-bond donors (Lipinski definition) is 0. The molecule has 0 aromatic heterocycles. The molecule has 0 bridgehead atoms. The number of rotatable bonds is 1. The summed E-state index contributed by atoms with van der Waals surface area (Å²) >= 11 is 0. The first-order valence-electron chi connectivity index (χ1n) is 6.66. The lowest BCUT2D eigenvalue weighted by atomic mass is 9.59. The number of carbonyl (C=O) groups is 2. The fraction of sp³-hybridized carbons (Fsp3) is 0.733. The van der Waals surface area contributed by atoms with Gasteiger partial charge < -0.3 is 0 Å². The number of fused-ring (bicyclic) bond motifs is 1. The molecular weight excluding hydrogens is 212 g/mol. The molecule has 94 valence electrons. The van der Waals surface area contributed by atoms with Crippen molar-refractivity contribution in [1.82, 2.24) is 0 Å². The molecule has 4 atom stereocenters. The van der Waals surface area contributed by atoms with E-state index in [4.69, 9.17) is 0 Å². The minimum Gasteiger partial charge on any atom is -0.299 e. The first-order valence-corrected chi connectivity index (χ1v) is 6.66. The zero-order valence-corrected chi connectivity index (χ0v) is 11.2. The van der Waals surface area contributed by atoms with Gasteiger partial charge in [-0.1, -0.05) is 26.8 Å². The molecule has 0 N–H and O–H groups in total.